The molecule has 1 aliphatic rings. The molecule has 1 fully saturated rings. The van der Waals surface area contributed by atoms with E-state index in [-0.39, 0.29) is 18.1 Å². The zero-order valence-electron chi connectivity index (χ0n) is 11.8. The number of nitrogens with one attached hydrogen (secondary N) is 1. The summed E-state index contributed by atoms with van der Waals surface area (Å²) in [5.74, 6) is 0.729. The van der Waals surface area contributed by atoms with E-state index in [1.165, 1.54) is 0 Å². The van der Waals surface area contributed by atoms with Crippen LogP contribution in [0, 0.1) is 5.92 Å². The Kier molecular flexibility index (Phi) is 7.28. The van der Waals surface area contributed by atoms with E-state index in [9.17, 15) is 4.79 Å². The van der Waals surface area contributed by atoms with Gasteiger partial charge in [0.05, 0.1) is 12.1 Å². The van der Waals surface area contributed by atoms with Gasteiger partial charge in [0.2, 0.25) is 5.91 Å². The zero-order chi connectivity index (χ0) is 13.4. The average molecular weight is 256 g/mol. The Bertz CT molecular complexity index is 240. The molecule has 0 radical (unpaired) electrons. The van der Waals surface area contributed by atoms with Crippen LogP contribution in [0.2, 0.25) is 0 Å². The van der Waals surface area contributed by atoms with E-state index < -0.39 is 0 Å². The van der Waals surface area contributed by atoms with Crippen molar-refractivity contribution in [2.75, 3.05) is 13.2 Å². The van der Waals surface area contributed by atoms with Crippen molar-refractivity contribution in [3.63, 3.8) is 0 Å². The maximum atomic E-state index is 11.8. The van der Waals surface area contributed by atoms with Crippen molar-refractivity contribution >= 4 is 5.91 Å². The van der Waals surface area contributed by atoms with Gasteiger partial charge in [0.25, 0.3) is 0 Å². The van der Waals surface area contributed by atoms with Gasteiger partial charge in [-0.05, 0) is 45.1 Å². The first kappa shape index (κ1) is 15.4. The summed E-state index contributed by atoms with van der Waals surface area (Å²) in [6.45, 7) is 5.74. The van der Waals surface area contributed by atoms with Crippen LogP contribution >= 0.6 is 0 Å². The minimum absolute atomic E-state index is 0.134. The monoisotopic (exact) mass is 256 g/mol. The fourth-order valence-corrected chi connectivity index (χ4v) is 2.54. The van der Waals surface area contributed by atoms with Crippen LogP contribution < -0.4 is 11.1 Å². The lowest BCUT2D eigenvalue weighted by Crippen LogP contribution is -2.40. The molecule has 1 rings (SSSR count). The highest BCUT2D eigenvalue weighted by Gasteiger charge is 2.23. The molecule has 3 unspecified atom stereocenters. The first-order valence-electron chi connectivity index (χ1n) is 7.28. The van der Waals surface area contributed by atoms with E-state index >= 15 is 0 Å². The largest absolute Gasteiger partial charge is 0.376 e. The number of nitrogens with two attached hydrogens (primary N) is 1. The quantitative estimate of drug-likeness (QED) is 0.696. The first-order chi connectivity index (χ1) is 8.67. The van der Waals surface area contributed by atoms with Gasteiger partial charge in [-0.25, -0.2) is 0 Å². The molecule has 3 N–H and O–H groups in total. The topological polar surface area (TPSA) is 64.4 Å². The molecule has 1 saturated heterocycles. The lowest BCUT2D eigenvalue weighted by molar-refractivity contribution is -0.122. The number of hydrogen-bond acceptors (Lipinski definition) is 3. The Labute approximate surface area is 111 Å². The zero-order valence-corrected chi connectivity index (χ0v) is 11.8. The minimum Gasteiger partial charge on any atom is -0.376 e. The number of hydrogen-bond donors (Lipinski definition) is 2. The van der Waals surface area contributed by atoms with Gasteiger partial charge in [-0.1, -0.05) is 13.3 Å². The maximum Gasteiger partial charge on any atom is 0.220 e. The Morgan fingerprint density at radius 1 is 1.50 bits per heavy atom. The van der Waals surface area contributed by atoms with Gasteiger partial charge in [-0.3, -0.25) is 4.79 Å². The fraction of sp³-hybridized carbons (Fsp3) is 0.929. The Morgan fingerprint density at radius 3 is 2.83 bits per heavy atom. The second-order valence-electron chi connectivity index (χ2n) is 5.30. The number of carbonyl (C=O) groups excluding carboxylic acids is 1. The molecule has 0 spiro atoms. The van der Waals surface area contributed by atoms with Crippen LogP contribution in [-0.4, -0.2) is 31.2 Å². The van der Waals surface area contributed by atoms with Crippen LogP contribution in [0.4, 0.5) is 0 Å². The van der Waals surface area contributed by atoms with Crippen LogP contribution in [0.15, 0.2) is 0 Å². The minimum atomic E-state index is 0.134. The Morgan fingerprint density at radius 2 is 2.28 bits per heavy atom. The van der Waals surface area contributed by atoms with Crippen LogP contribution in [0.1, 0.15) is 52.4 Å². The van der Waals surface area contributed by atoms with Crippen molar-refractivity contribution in [3.05, 3.63) is 0 Å². The van der Waals surface area contributed by atoms with Gasteiger partial charge in [0, 0.05) is 13.0 Å². The molecule has 0 aliphatic carbocycles. The van der Waals surface area contributed by atoms with Gasteiger partial charge in [0.15, 0.2) is 0 Å². The summed E-state index contributed by atoms with van der Waals surface area (Å²) >= 11 is 0. The fourth-order valence-electron chi connectivity index (χ4n) is 2.54. The van der Waals surface area contributed by atoms with Crippen LogP contribution in [-0.2, 0) is 9.53 Å². The predicted octanol–water partition coefficient (Wildman–Crippen LogP) is 1.83. The summed E-state index contributed by atoms with van der Waals surface area (Å²) in [6.07, 6.45) is 6.05. The molecule has 4 nitrogen and oxygen atoms in total. The van der Waals surface area contributed by atoms with E-state index in [0.717, 1.165) is 38.7 Å². The maximum absolute atomic E-state index is 11.8. The van der Waals surface area contributed by atoms with E-state index in [1.807, 2.05) is 6.92 Å². The van der Waals surface area contributed by atoms with Gasteiger partial charge in [0.1, 0.15) is 0 Å². The molecule has 1 aliphatic heterocycles. The summed E-state index contributed by atoms with van der Waals surface area (Å²) in [6, 6.07) is 0.134. The highest BCUT2D eigenvalue weighted by molar-refractivity contribution is 5.76. The van der Waals surface area contributed by atoms with E-state index in [1.54, 1.807) is 0 Å². The molecule has 1 amide bonds. The van der Waals surface area contributed by atoms with E-state index in [2.05, 4.69) is 12.2 Å². The van der Waals surface area contributed by atoms with Crippen LogP contribution in [0.5, 0.6) is 0 Å². The molecule has 0 aromatic heterocycles. The highest BCUT2D eigenvalue weighted by Crippen LogP contribution is 2.17. The van der Waals surface area contributed by atoms with Crippen molar-refractivity contribution in [1.82, 2.24) is 5.32 Å². The van der Waals surface area contributed by atoms with Crippen molar-refractivity contribution in [1.29, 1.82) is 0 Å². The number of rotatable bonds is 8. The van der Waals surface area contributed by atoms with Crippen LogP contribution in [0.3, 0.4) is 0 Å². The number of ether oxygens (including phenoxy) is 1. The molecular formula is C14H28N2O2. The lowest BCUT2D eigenvalue weighted by atomic mass is 9.96. The van der Waals surface area contributed by atoms with Crippen molar-refractivity contribution < 1.29 is 9.53 Å². The van der Waals surface area contributed by atoms with Crippen molar-refractivity contribution in [3.8, 4) is 0 Å². The second-order valence-corrected chi connectivity index (χ2v) is 5.30. The highest BCUT2D eigenvalue weighted by atomic mass is 16.5. The van der Waals surface area contributed by atoms with E-state index in [0.29, 0.717) is 18.9 Å². The molecule has 3 atom stereocenters. The normalized spacial score (nSPS) is 22.7. The smallest absolute Gasteiger partial charge is 0.220 e. The SMILES string of the molecule is CCC(CCN)CCC(=O)NC(C)C1CCCO1. The molecule has 4 heteroatoms. The third-order valence-corrected chi connectivity index (χ3v) is 3.84. The van der Waals surface area contributed by atoms with Crippen LogP contribution in [0.25, 0.3) is 0 Å². The van der Waals surface area contributed by atoms with E-state index in [4.69, 9.17) is 10.5 Å². The predicted molar refractivity (Wildman–Crippen MR) is 73.3 cm³/mol. The second kappa shape index (κ2) is 8.48. The van der Waals surface area contributed by atoms with Gasteiger partial charge in [-0.2, -0.15) is 0 Å². The molecule has 18 heavy (non-hydrogen) atoms. The summed E-state index contributed by atoms with van der Waals surface area (Å²) in [5.41, 5.74) is 5.56. The van der Waals surface area contributed by atoms with Crippen molar-refractivity contribution in [2.24, 2.45) is 11.7 Å². The summed E-state index contributed by atoms with van der Waals surface area (Å²) in [5, 5.41) is 3.05. The number of amides is 1. The first-order valence-corrected chi connectivity index (χ1v) is 7.28. The molecule has 0 aromatic rings. The molecule has 1 heterocycles. The third-order valence-electron chi connectivity index (χ3n) is 3.84. The lowest BCUT2D eigenvalue weighted by Gasteiger charge is -2.20. The van der Waals surface area contributed by atoms with Gasteiger partial charge >= 0.3 is 0 Å². The third kappa shape index (κ3) is 5.36. The molecule has 106 valence electrons. The molecular weight excluding hydrogens is 228 g/mol. The Hall–Kier alpha value is -0.610. The van der Waals surface area contributed by atoms with Gasteiger partial charge < -0.3 is 15.8 Å². The standard InChI is InChI=1S/C14H28N2O2/c1-3-12(8-9-15)6-7-14(17)16-11(2)13-5-4-10-18-13/h11-13H,3-10,15H2,1-2H3,(H,16,17). The average Bonchev–Trinajstić information content (AvgIpc) is 2.88. The molecule has 0 bridgehead atoms. The Balaban J connectivity index is 2.19. The van der Waals surface area contributed by atoms with Crippen molar-refractivity contribution in [2.45, 2.75) is 64.5 Å². The molecule has 0 saturated carbocycles. The molecule has 0 aromatic carbocycles. The van der Waals surface area contributed by atoms with Gasteiger partial charge in [-0.15, -0.1) is 0 Å². The summed E-state index contributed by atoms with van der Waals surface area (Å²) in [4.78, 5) is 11.8. The summed E-state index contributed by atoms with van der Waals surface area (Å²) in [7, 11) is 0. The number of carbonyl (C=O) groups is 1. The summed E-state index contributed by atoms with van der Waals surface area (Å²) < 4.78 is 5.57.